The number of rotatable bonds is 0. The van der Waals surface area contributed by atoms with Gasteiger partial charge in [-0.25, -0.2) is 0 Å². The summed E-state index contributed by atoms with van der Waals surface area (Å²) in [5, 5.41) is 0.724. The average molecular weight is 219 g/mol. The summed E-state index contributed by atoms with van der Waals surface area (Å²) in [7, 11) is 0. The molecule has 1 aromatic heterocycles. The van der Waals surface area contributed by atoms with E-state index in [9.17, 15) is 0 Å². The van der Waals surface area contributed by atoms with Gasteiger partial charge in [-0.05, 0) is 18.2 Å². The van der Waals surface area contributed by atoms with E-state index in [-0.39, 0.29) is 0 Å². The minimum Gasteiger partial charge on any atom is -0.405 e. The molecule has 2 nitrogen and oxygen atoms in total. The Labute approximate surface area is 92.7 Å². The minimum absolute atomic E-state index is 0.724. The number of para-hydroxylation sites is 1. The van der Waals surface area contributed by atoms with E-state index in [1.807, 2.05) is 41.1 Å². The topological polar surface area (TPSA) is 13.1 Å². The minimum atomic E-state index is 0.724. The number of nitrogens with zero attached hydrogens (tertiary/aromatic N) is 1. The third-order valence-electron chi connectivity index (χ3n) is 2.48. The first-order valence-corrected chi connectivity index (χ1v) is 5.15. The molecule has 0 amide bonds. The van der Waals surface area contributed by atoms with E-state index in [0.717, 1.165) is 23.2 Å². The molecule has 74 valence electrons. The number of hydrogen-bond donors (Lipinski definition) is 0. The maximum Gasteiger partial charge on any atom is 0.373 e. The van der Waals surface area contributed by atoms with Gasteiger partial charge in [-0.2, -0.15) is 4.57 Å². The second kappa shape index (κ2) is 3.24. The van der Waals surface area contributed by atoms with Crippen LogP contribution in [0.1, 0.15) is 5.56 Å². The Kier molecular flexibility index (Phi) is 1.89. The molecule has 0 atom stereocenters. The maximum atomic E-state index is 5.93. The van der Waals surface area contributed by atoms with Crippen molar-refractivity contribution in [2.24, 2.45) is 0 Å². The first-order chi connectivity index (χ1) is 7.33. The lowest BCUT2D eigenvalue weighted by Crippen LogP contribution is -2.38. The van der Waals surface area contributed by atoms with Gasteiger partial charge in [-0.15, -0.1) is 0 Å². The van der Waals surface area contributed by atoms with Crippen LogP contribution in [0, 0.1) is 0 Å². The summed E-state index contributed by atoms with van der Waals surface area (Å²) in [5.74, 6) is 1.76. The Balaban J connectivity index is 2.11. The average Bonchev–Trinajstić information content (AvgIpc) is 2.26. The molecular formula is C12H9ClNO+. The molecule has 3 rings (SSSR count). The summed E-state index contributed by atoms with van der Waals surface area (Å²) in [5.41, 5.74) is 1.18. The molecule has 0 fully saturated rings. The van der Waals surface area contributed by atoms with Gasteiger partial charge in [-0.3, -0.25) is 0 Å². The van der Waals surface area contributed by atoms with Crippen LogP contribution in [0.15, 0.2) is 42.6 Å². The molecule has 0 saturated heterocycles. The second-order valence-corrected chi connectivity index (χ2v) is 3.96. The molecule has 2 aromatic rings. The van der Waals surface area contributed by atoms with E-state index in [1.165, 1.54) is 5.56 Å². The van der Waals surface area contributed by atoms with Gasteiger partial charge in [0.1, 0.15) is 10.8 Å². The van der Waals surface area contributed by atoms with Crippen LogP contribution < -0.4 is 9.30 Å². The smallest absolute Gasteiger partial charge is 0.373 e. The number of benzene rings is 1. The molecule has 0 saturated carbocycles. The summed E-state index contributed by atoms with van der Waals surface area (Å²) in [6.07, 6.45) is 1.88. The summed E-state index contributed by atoms with van der Waals surface area (Å²) in [6, 6.07) is 11.8. The third kappa shape index (κ3) is 1.47. The Bertz CT molecular complexity index is 525. The fourth-order valence-electron chi connectivity index (χ4n) is 1.75. The van der Waals surface area contributed by atoms with Crippen LogP contribution >= 0.6 is 11.6 Å². The monoisotopic (exact) mass is 218 g/mol. The van der Waals surface area contributed by atoms with E-state index >= 15 is 0 Å². The fourth-order valence-corrected chi connectivity index (χ4v) is 1.93. The SMILES string of the molecule is Clc1ccc2[n+](c1)Cc1ccccc1O2. The molecule has 2 heterocycles. The number of fused-ring (bicyclic) bond motifs is 2. The van der Waals surface area contributed by atoms with Crippen LogP contribution in [0.4, 0.5) is 0 Å². The zero-order valence-corrected chi connectivity index (χ0v) is 8.74. The molecule has 0 radical (unpaired) electrons. The van der Waals surface area contributed by atoms with E-state index in [0.29, 0.717) is 0 Å². The maximum absolute atomic E-state index is 5.93. The predicted octanol–water partition coefficient (Wildman–Crippen LogP) is 2.78. The van der Waals surface area contributed by atoms with Crippen molar-refractivity contribution in [3.05, 3.63) is 53.2 Å². The van der Waals surface area contributed by atoms with Gasteiger partial charge in [0, 0.05) is 0 Å². The van der Waals surface area contributed by atoms with Crippen LogP contribution in [-0.2, 0) is 6.54 Å². The van der Waals surface area contributed by atoms with Gasteiger partial charge in [0.25, 0.3) is 0 Å². The number of halogens is 1. The molecule has 0 bridgehead atoms. The molecule has 1 aliphatic rings. The lowest BCUT2D eigenvalue weighted by Gasteiger charge is -2.14. The summed E-state index contributed by atoms with van der Waals surface area (Å²) in [4.78, 5) is 0. The van der Waals surface area contributed by atoms with Crippen molar-refractivity contribution in [1.29, 1.82) is 0 Å². The highest BCUT2D eigenvalue weighted by Gasteiger charge is 2.22. The molecule has 0 spiro atoms. The summed E-state index contributed by atoms with van der Waals surface area (Å²) < 4.78 is 7.74. The van der Waals surface area contributed by atoms with Gasteiger partial charge in [-0.1, -0.05) is 23.7 Å². The number of aromatic nitrogens is 1. The molecule has 1 aliphatic heterocycles. The van der Waals surface area contributed by atoms with Crippen molar-refractivity contribution in [3.63, 3.8) is 0 Å². The molecule has 0 aliphatic carbocycles. The zero-order chi connectivity index (χ0) is 10.3. The van der Waals surface area contributed by atoms with E-state index in [1.54, 1.807) is 0 Å². The van der Waals surface area contributed by atoms with Crippen molar-refractivity contribution < 1.29 is 9.30 Å². The van der Waals surface area contributed by atoms with Crippen molar-refractivity contribution >= 4 is 11.6 Å². The van der Waals surface area contributed by atoms with E-state index < -0.39 is 0 Å². The molecule has 15 heavy (non-hydrogen) atoms. The largest absolute Gasteiger partial charge is 0.405 e. The van der Waals surface area contributed by atoms with Crippen LogP contribution in [0.25, 0.3) is 0 Å². The Morgan fingerprint density at radius 3 is 2.93 bits per heavy atom. The Morgan fingerprint density at radius 1 is 1.13 bits per heavy atom. The first-order valence-electron chi connectivity index (χ1n) is 4.78. The zero-order valence-electron chi connectivity index (χ0n) is 7.98. The fraction of sp³-hybridized carbons (Fsp3) is 0.0833. The Hall–Kier alpha value is -1.54. The Morgan fingerprint density at radius 2 is 2.00 bits per heavy atom. The third-order valence-corrected chi connectivity index (χ3v) is 2.70. The van der Waals surface area contributed by atoms with E-state index in [4.69, 9.17) is 16.3 Å². The van der Waals surface area contributed by atoms with Gasteiger partial charge in [0.2, 0.25) is 0 Å². The van der Waals surface area contributed by atoms with Crippen LogP contribution in [0.5, 0.6) is 11.6 Å². The van der Waals surface area contributed by atoms with Crippen molar-refractivity contribution in [1.82, 2.24) is 0 Å². The van der Waals surface area contributed by atoms with Gasteiger partial charge < -0.3 is 4.74 Å². The standard InChI is InChI=1S/C12H9ClNO/c13-10-5-6-12-14(8-10)7-9-3-1-2-4-11(9)15-12/h1-6,8H,7H2/q+1. The highest BCUT2D eigenvalue weighted by molar-refractivity contribution is 6.30. The highest BCUT2D eigenvalue weighted by Crippen LogP contribution is 2.27. The van der Waals surface area contributed by atoms with Crippen molar-refractivity contribution in [3.8, 4) is 11.6 Å². The lowest BCUT2D eigenvalue weighted by atomic mass is 10.2. The normalized spacial score (nSPS) is 12.6. The molecule has 1 aromatic carbocycles. The highest BCUT2D eigenvalue weighted by atomic mass is 35.5. The van der Waals surface area contributed by atoms with Crippen molar-refractivity contribution in [2.45, 2.75) is 6.54 Å². The number of ether oxygens (including phenoxy) is 1. The first kappa shape index (κ1) is 8.74. The molecular weight excluding hydrogens is 210 g/mol. The quantitative estimate of drug-likeness (QED) is 0.529. The molecule has 0 unspecified atom stereocenters. The second-order valence-electron chi connectivity index (χ2n) is 3.52. The molecule has 3 heteroatoms. The van der Waals surface area contributed by atoms with Gasteiger partial charge in [0.15, 0.2) is 12.7 Å². The van der Waals surface area contributed by atoms with Gasteiger partial charge in [0.05, 0.1) is 11.6 Å². The summed E-state index contributed by atoms with van der Waals surface area (Å²) >= 11 is 5.93. The number of pyridine rings is 1. The van der Waals surface area contributed by atoms with Crippen LogP contribution in [-0.4, -0.2) is 0 Å². The summed E-state index contributed by atoms with van der Waals surface area (Å²) in [6.45, 7) is 0.812. The van der Waals surface area contributed by atoms with Crippen LogP contribution in [0.3, 0.4) is 0 Å². The van der Waals surface area contributed by atoms with E-state index in [2.05, 4.69) is 6.07 Å². The predicted molar refractivity (Wildman–Crippen MR) is 57.3 cm³/mol. The van der Waals surface area contributed by atoms with Crippen molar-refractivity contribution in [2.75, 3.05) is 0 Å². The lowest BCUT2D eigenvalue weighted by molar-refractivity contribution is -0.695. The number of hydrogen-bond acceptors (Lipinski definition) is 1. The molecule has 0 N–H and O–H groups in total. The van der Waals surface area contributed by atoms with Crippen LogP contribution in [0.2, 0.25) is 5.02 Å². The van der Waals surface area contributed by atoms with Gasteiger partial charge >= 0.3 is 5.88 Å².